The number of para-hydroxylation sites is 1. The van der Waals surface area contributed by atoms with Crippen LogP contribution < -0.4 is 4.90 Å². The molecule has 144 valence electrons. The largest absolute Gasteiger partial charge is 0.306 e. The summed E-state index contributed by atoms with van der Waals surface area (Å²) >= 11 is 0. The van der Waals surface area contributed by atoms with Crippen molar-refractivity contribution < 1.29 is 17.6 Å². The molecular weight excluding hydrogens is 367 g/mol. The molecule has 0 bridgehead atoms. The van der Waals surface area contributed by atoms with Crippen LogP contribution in [0.4, 0.5) is 10.1 Å². The average molecular weight is 390 g/mol. The molecule has 0 spiro atoms. The predicted molar refractivity (Wildman–Crippen MR) is 103 cm³/mol. The highest BCUT2D eigenvalue weighted by Crippen LogP contribution is 2.26. The fourth-order valence-corrected chi connectivity index (χ4v) is 4.02. The molecule has 5 nitrogen and oxygen atoms in total. The van der Waals surface area contributed by atoms with Crippen molar-refractivity contribution in [2.24, 2.45) is 0 Å². The first-order chi connectivity index (χ1) is 12.9. The summed E-state index contributed by atoms with van der Waals surface area (Å²) in [5.74, 6) is -0.181. The lowest BCUT2D eigenvalue weighted by Gasteiger charge is -2.37. The molecule has 1 fully saturated rings. The number of carbonyl (C=O) groups excluding carboxylic acids is 1. The number of sulfone groups is 1. The molecule has 0 atom stereocenters. The number of carbonyl (C=O) groups is 1. The van der Waals surface area contributed by atoms with Crippen LogP contribution >= 0.6 is 0 Å². The maximum atomic E-state index is 13.2. The first kappa shape index (κ1) is 19.5. The summed E-state index contributed by atoms with van der Waals surface area (Å²) < 4.78 is 36.0. The molecule has 0 aromatic heterocycles. The molecular formula is C20H23FN2O3S. The lowest BCUT2D eigenvalue weighted by atomic mass is 10.0. The second-order valence-electron chi connectivity index (χ2n) is 6.79. The molecule has 3 rings (SSSR count). The highest BCUT2D eigenvalue weighted by atomic mass is 32.2. The van der Waals surface area contributed by atoms with Crippen molar-refractivity contribution in [1.82, 2.24) is 4.90 Å². The molecule has 1 aliphatic heterocycles. The average Bonchev–Trinajstić information content (AvgIpc) is 2.70. The van der Waals surface area contributed by atoms with Crippen molar-refractivity contribution in [3.05, 3.63) is 60.2 Å². The molecule has 1 amide bonds. The number of halogens is 1. The van der Waals surface area contributed by atoms with E-state index in [0.717, 1.165) is 31.6 Å². The van der Waals surface area contributed by atoms with Crippen LogP contribution in [-0.2, 0) is 9.84 Å². The van der Waals surface area contributed by atoms with Crippen molar-refractivity contribution in [3.8, 4) is 0 Å². The Morgan fingerprint density at radius 3 is 2.22 bits per heavy atom. The topological polar surface area (TPSA) is 57.7 Å². The van der Waals surface area contributed by atoms with Crippen LogP contribution in [0.1, 0.15) is 23.2 Å². The summed E-state index contributed by atoms with van der Waals surface area (Å²) in [6.07, 6.45) is 1.73. The fraction of sp³-hybridized carbons (Fsp3) is 0.350. The van der Waals surface area contributed by atoms with Crippen molar-refractivity contribution in [1.29, 1.82) is 0 Å². The highest BCUT2D eigenvalue weighted by Gasteiger charge is 2.29. The van der Waals surface area contributed by atoms with Gasteiger partial charge >= 0.3 is 0 Å². The number of alkyl halides is 1. The molecule has 0 radical (unpaired) electrons. The lowest BCUT2D eigenvalue weighted by Crippen LogP contribution is -2.46. The Bertz CT molecular complexity index is 877. The zero-order valence-electron chi connectivity index (χ0n) is 15.2. The summed E-state index contributed by atoms with van der Waals surface area (Å²) in [6, 6.07) is 13.6. The molecule has 0 unspecified atom stereocenters. The van der Waals surface area contributed by atoms with E-state index in [1.54, 1.807) is 4.90 Å². The smallest absolute Gasteiger partial charge is 0.258 e. The molecule has 1 heterocycles. The van der Waals surface area contributed by atoms with Gasteiger partial charge < -0.3 is 9.80 Å². The molecule has 0 aliphatic carbocycles. The number of piperidine rings is 1. The zero-order chi connectivity index (χ0) is 19.4. The first-order valence-corrected chi connectivity index (χ1v) is 10.5. The van der Waals surface area contributed by atoms with E-state index < -0.39 is 15.8 Å². The standard InChI is InChI=1S/C20H23FN2O3S/c1-22-13-11-18(12-14-22)23(17-5-3-2-4-6-17)20(24)16-7-9-19(10-8-16)27(25,26)15-21/h2-10,18H,11-15H2,1H3. The van der Waals surface area contributed by atoms with E-state index in [1.807, 2.05) is 30.3 Å². The Morgan fingerprint density at radius 1 is 1.07 bits per heavy atom. The van der Waals surface area contributed by atoms with Gasteiger partial charge in [-0.2, -0.15) is 0 Å². The third-order valence-electron chi connectivity index (χ3n) is 4.91. The van der Waals surface area contributed by atoms with Crippen LogP contribution in [0.2, 0.25) is 0 Å². The van der Waals surface area contributed by atoms with E-state index in [9.17, 15) is 17.6 Å². The maximum absolute atomic E-state index is 13.2. The van der Waals surface area contributed by atoms with Crippen molar-refractivity contribution in [3.63, 3.8) is 0 Å². The molecule has 1 aliphatic rings. The van der Waals surface area contributed by atoms with E-state index in [2.05, 4.69) is 11.9 Å². The summed E-state index contributed by atoms with van der Waals surface area (Å²) in [5, 5.41) is 0. The molecule has 7 heteroatoms. The normalized spacial score (nSPS) is 16.2. The first-order valence-electron chi connectivity index (χ1n) is 8.88. The second kappa shape index (κ2) is 8.19. The minimum absolute atomic E-state index is 0.0744. The van der Waals surface area contributed by atoms with Gasteiger partial charge in [-0.25, -0.2) is 12.8 Å². The van der Waals surface area contributed by atoms with Crippen LogP contribution in [0.15, 0.2) is 59.5 Å². The lowest BCUT2D eigenvalue weighted by molar-refractivity contribution is 0.0963. The number of amides is 1. The minimum atomic E-state index is -3.94. The fourth-order valence-electron chi connectivity index (χ4n) is 3.34. The van der Waals surface area contributed by atoms with E-state index in [1.165, 1.54) is 24.3 Å². The summed E-state index contributed by atoms with van der Waals surface area (Å²) in [7, 11) is -1.87. The van der Waals surface area contributed by atoms with Gasteiger partial charge in [0.05, 0.1) is 4.90 Å². The monoisotopic (exact) mass is 390 g/mol. The third kappa shape index (κ3) is 4.36. The van der Waals surface area contributed by atoms with Gasteiger partial charge in [0.2, 0.25) is 9.84 Å². The Hall–Kier alpha value is -2.25. The second-order valence-corrected chi connectivity index (χ2v) is 8.71. The number of benzene rings is 2. The predicted octanol–water partition coefficient (Wildman–Crippen LogP) is 3.13. The molecule has 2 aromatic rings. The van der Waals surface area contributed by atoms with E-state index in [0.29, 0.717) is 5.56 Å². The number of anilines is 1. The van der Waals surface area contributed by atoms with Gasteiger partial charge in [0, 0.05) is 17.3 Å². The van der Waals surface area contributed by atoms with Crippen molar-refractivity contribution in [2.45, 2.75) is 23.8 Å². The molecule has 0 N–H and O–H groups in total. The molecule has 0 saturated carbocycles. The Morgan fingerprint density at radius 2 is 1.67 bits per heavy atom. The molecule has 2 aromatic carbocycles. The van der Waals surface area contributed by atoms with Gasteiger partial charge in [-0.15, -0.1) is 0 Å². The van der Waals surface area contributed by atoms with Gasteiger partial charge in [-0.1, -0.05) is 18.2 Å². The number of hydrogen-bond donors (Lipinski definition) is 0. The van der Waals surface area contributed by atoms with E-state index in [-0.39, 0.29) is 16.8 Å². The molecule has 27 heavy (non-hydrogen) atoms. The summed E-state index contributed by atoms with van der Waals surface area (Å²) in [5.41, 5.74) is 1.20. The SMILES string of the molecule is CN1CCC(N(C(=O)c2ccc(S(=O)(=O)CF)cc2)c2ccccc2)CC1. The number of nitrogens with zero attached hydrogens (tertiary/aromatic N) is 2. The van der Waals surface area contributed by atoms with E-state index in [4.69, 9.17) is 0 Å². The van der Waals surface area contributed by atoms with Gasteiger partial charge in [-0.3, -0.25) is 4.79 Å². The van der Waals surface area contributed by atoms with Crippen LogP contribution in [0.25, 0.3) is 0 Å². The number of hydrogen-bond acceptors (Lipinski definition) is 4. The van der Waals surface area contributed by atoms with Gasteiger partial charge in [0.1, 0.15) is 0 Å². The van der Waals surface area contributed by atoms with E-state index >= 15 is 0 Å². The van der Waals surface area contributed by atoms with Gasteiger partial charge in [-0.05, 0) is 69.4 Å². The Kier molecular flexibility index (Phi) is 5.92. The van der Waals surface area contributed by atoms with Crippen LogP contribution in [0.5, 0.6) is 0 Å². The highest BCUT2D eigenvalue weighted by molar-refractivity contribution is 7.91. The van der Waals surface area contributed by atoms with Gasteiger partial charge in [0.15, 0.2) is 6.01 Å². The van der Waals surface area contributed by atoms with Gasteiger partial charge in [0.25, 0.3) is 5.91 Å². The van der Waals surface area contributed by atoms with Crippen LogP contribution in [0, 0.1) is 0 Å². The molecule has 1 saturated heterocycles. The Balaban J connectivity index is 1.91. The number of rotatable bonds is 5. The van der Waals surface area contributed by atoms with Crippen LogP contribution in [-0.4, -0.2) is 51.4 Å². The van der Waals surface area contributed by atoms with Crippen molar-refractivity contribution in [2.75, 3.05) is 31.0 Å². The zero-order valence-corrected chi connectivity index (χ0v) is 16.0. The Labute approximate surface area is 159 Å². The maximum Gasteiger partial charge on any atom is 0.258 e. The summed E-state index contributed by atoms with van der Waals surface area (Å²) in [4.78, 5) is 17.2. The quantitative estimate of drug-likeness (QED) is 0.787. The van der Waals surface area contributed by atoms with Crippen molar-refractivity contribution >= 4 is 21.4 Å². The number of likely N-dealkylation sites (tertiary alicyclic amines) is 1. The van der Waals surface area contributed by atoms with Crippen LogP contribution in [0.3, 0.4) is 0 Å². The minimum Gasteiger partial charge on any atom is -0.306 e. The third-order valence-corrected chi connectivity index (χ3v) is 6.19. The summed E-state index contributed by atoms with van der Waals surface area (Å²) in [6.45, 7) is 1.82.